The first-order valence-electron chi connectivity index (χ1n) is 6.49. The van der Waals surface area contributed by atoms with Gasteiger partial charge in [-0.15, -0.1) is 0 Å². The van der Waals surface area contributed by atoms with E-state index < -0.39 is 0 Å². The predicted molar refractivity (Wildman–Crippen MR) is 62.2 cm³/mol. The molecule has 0 aromatic rings. The van der Waals surface area contributed by atoms with Gasteiger partial charge in [0.2, 0.25) is 0 Å². The molecule has 0 spiro atoms. The van der Waals surface area contributed by atoms with E-state index in [1.54, 1.807) is 0 Å². The third-order valence-electron chi connectivity index (χ3n) is 4.57. The molecule has 0 heteroatoms. The first-order chi connectivity index (χ1) is 6.81. The van der Waals surface area contributed by atoms with Crippen LogP contribution in [0.25, 0.3) is 0 Å². The van der Waals surface area contributed by atoms with E-state index in [2.05, 4.69) is 13.5 Å². The van der Waals surface area contributed by atoms with Crippen molar-refractivity contribution in [3.8, 4) is 0 Å². The molecule has 3 atom stereocenters. The minimum Gasteiger partial charge on any atom is -0.0996 e. The highest BCUT2D eigenvalue weighted by molar-refractivity contribution is 5.02. The summed E-state index contributed by atoms with van der Waals surface area (Å²) >= 11 is 0. The van der Waals surface area contributed by atoms with Crippen molar-refractivity contribution in [3.63, 3.8) is 0 Å². The summed E-state index contributed by atoms with van der Waals surface area (Å²) in [6.07, 6.45) is 11.6. The molecule has 0 amide bonds. The zero-order valence-corrected chi connectivity index (χ0v) is 9.60. The number of rotatable bonds is 2. The fraction of sp³-hybridized carbons (Fsp3) is 0.857. The van der Waals surface area contributed by atoms with Gasteiger partial charge in [-0.1, -0.05) is 44.8 Å². The SMILES string of the molecule is C=C(CC)C1CCC2CCCCC2C1. The highest BCUT2D eigenvalue weighted by atomic mass is 14.4. The van der Waals surface area contributed by atoms with E-state index in [9.17, 15) is 0 Å². The summed E-state index contributed by atoms with van der Waals surface area (Å²) in [5.41, 5.74) is 1.52. The van der Waals surface area contributed by atoms with E-state index >= 15 is 0 Å². The molecule has 0 nitrogen and oxygen atoms in total. The molecule has 0 radical (unpaired) electrons. The Morgan fingerprint density at radius 2 is 1.79 bits per heavy atom. The molecule has 0 heterocycles. The summed E-state index contributed by atoms with van der Waals surface area (Å²) in [4.78, 5) is 0. The molecule has 2 aliphatic carbocycles. The van der Waals surface area contributed by atoms with Crippen LogP contribution in [0.15, 0.2) is 12.2 Å². The zero-order valence-electron chi connectivity index (χ0n) is 9.60. The number of fused-ring (bicyclic) bond motifs is 1. The molecular weight excluding hydrogens is 168 g/mol. The molecule has 0 bridgehead atoms. The van der Waals surface area contributed by atoms with Crippen molar-refractivity contribution in [2.24, 2.45) is 17.8 Å². The van der Waals surface area contributed by atoms with Gasteiger partial charge in [0.1, 0.15) is 0 Å². The van der Waals surface area contributed by atoms with Crippen LogP contribution in [0.4, 0.5) is 0 Å². The highest BCUT2D eigenvalue weighted by Crippen LogP contribution is 2.44. The topological polar surface area (TPSA) is 0 Å². The van der Waals surface area contributed by atoms with Crippen molar-refractivity contribution in [3.05, 3.63) is 12.2 Å². The Labute approximate surface area is 88.8 Å². The van der Waals surface area contributed by atoms with E-state index in [4.69, 9.17) is 0 Å². The summed E-state index contributed by atoms with van der Waals surface area (Å²) in [5.74, 6) is 3.02. The molecule has 0 N–H and O–H groups in total. The minimum absolute atomic E-state index is 0.874. The maximum Gasteiger partial charge on any atom is -0.0203 e. The largest absolute Gasteiger partial charge is 0.0996 e. The van der Waals surface area contributed by atoms with E-state index in [0.717, 1.165) is 17.8 Å². The van der Waals surface area contributed by atoms with Gasteiger partial charge in [0.25, 0.3) is 0 Å². The second-order valence-corrected chi connectivity index (χ2v) is 5.33. The quantitative estimate of drug-likeness (QED) is 0.563. The van der Waals surface area contributed by atoms with Crippen LogP contribution in [0.3, 0.4) is 0 Å². The molecule has 0 saturated heterocycles. The molecular formula is C14H24. The van der Waals surface area contributed by atoms with Crippen molar-refractivity contribution in [2.75, 3.05) is 0 Å². The van der Waals surface area contributed by atoms with Gasteiger partial charge < -0.3 is 0 Å². The van der Waals surface area contributed by atoms with E-state index in [-0.39, 0.29) is 0 Å². The summed E-state index contributed by atoms with van der Waals surface area (Å²) in [7, 11) is 0. The maximum absolute atomic E-state index is 4.23. The molecule has 0 aromatic carbocycles. The monoisotopic (exact) mass is 192 g/mol. The van der Waals surface area contributed by atoms with Crippen LogP contribution in [-0.2, 0) is 0 Å². The number of hydrogen-bond donors (Lipinski definition) is 0. The second kappa shape index (κ2) is 4.51. The van der Waals surface area contributed by atoms with Crippen LogP contribution >= 0.6 is 0 Å². The van der Waals surface area contributed by atoms with Gasteiger partial charge in [0, 0.05) is 0 Å². The van der Waals surface area contributed by atoms with Gasteiger partial charge in [-0.3, -0.25) is 0 Å². The lowest BCUT2D eigenvalue weighted by molar-refractivity contribution is 0.142. The Morgan fingerprint density at radius 1 is 1.07 bits per heavy atom. The lowest BCUT2D eigenvalue weighted by atomic mass is 9.66. The standard InChI is InChI=1S/C14H24/c1-3-11(2)13-9-8-12-6-4-5-7-14(12)10-13/h12-14H,2-10H2,1H3. The van der Waals surface area contributed by atoms with Gasteiger partial charge in [-0.05, 0) is 43.4 Å². The van der Waals surface area contributed by atoms with Gasteiger partial charge in [0.15, 0.2) is 0 Å². The van der Waals surface area contributed by atoms with Crippen LogP contribution in [0, 0.1) is 17.8 Å². The average molecular weight is 192 g/mol. The third kappa shape index (κ3) is 2.04. The Bertz CT molecular complexity index is 204. The van der Waals surface area contributed by atoms with Crippen molar-refractivity contribution in [2.45, 2.75) is 58.3 Å². The van der Waals surface area contributed by atoms with Crippen LogP contribution in [0.5, 0.6) is 0 Å². The summed E-state index contributed by atoms with van der Waals surface area (Å²) in [5, 5.41) is 0. The summed E-state index contributed by atoms with van der Waals surface area (Å²) in [6.45, 7) is 6.49. The molecule has 3 unspecified atom stereocenters. The van der Waals surface area contributed by atoms with Crippen LogP contribution in [0.2, 0.25) is 0 Å². The van der Waals surface area contributed by atoms with E-state index in [0.29, 0.717) is 0 Å². The Hall–Kier alpha value is -0.260. The molecule has 0 aliphatic heterocycles. The Balaban J connectivity index is 1.92. The first-order valence-corrected chi connectivity index (χ1v) is 6.49. The van der Waals surface area contributed by atoms with Crippen LogP contribution < -0.4 is 0 Å². The smallest absolute Gasteiger partial charge is 0.0203 e. The van der Waals surface area contributed by atoms with Gasteiger partial charge in [0.05, 0.1) is 0 Å². The number of hydrogen-bond acceptors (Lipinski definition) is 0. The normalized spacial score (nSPS) is 37.6. The fourth-order valence-electron chi connectivity index (χ4n) is 3.53. The van der Waals surface area contributed by atoms with Crippen LogP contribution in [-0.4, -0.2) is 0 Å². The predicted octanol–water partition coefficient (Wildman–Crippen LogP) is 4.56. The molecule has 14 heavy (non-hydrogen) atoms. The average Bonchev–Trinajstić information content (AvgIpc) is 2.27. The molecule has 2 saturated carbocycles. The first kappa shape index (κ1) is 10.3. The van der Waals surface area contributed by atoms with E-state index in [1.165, 1.54) is 56.9 Å². The molecule has 2 aliphatic rings. The van der Waals surface area contributed by atoms with Crippen molar-refractivity contribution >= 4 is 0 Å². The molecule has 0 aromatic heterocycles. The minimum atomic E-state index is 0.874. The number of allylic oxidation sites excluding steroid dienone is 1. The zero-order chi connectivity index (χ0) is 9.97. The van der Waals surface area contributed by atoms with E-state index in [1.807, 2.05) is 0 Å². The van der Waals surface area contributed by atoms with Crippen LogP contribution in [0.1, 0.15) is 58.3 Å². The van der Waals surface area contributed by atoms with Crippen molar-refractivity contribution < 1.29 is 0 Å². The summed E-state index contributed by atoms with van der Waals surface area (Å²) in [6, 6.07) is 0. The highest BCUT2D eigenvalue weighted by Gasteiger charge is 2.32. The lowest BCUT2D eigenvalue weighted by Crippen LogP contribution is -2.28. The second-order valence-electron chi connectivity index (χ2n) is 5.33. The molecule has 80 valence electrons. The fourth-order valence-corrected chi connectivity index (χ4v) is 3.53. The third-order valence-corrected chi connectivity index (χ3v) is 4.57. The van der Waals surface area contributed by atoms with Gasteiger partial charge >= 0.3 is 0 Å². The Morgan fingerprint density at radius 3 is 2.50 bits per heavy atom. The maximum atomic E-state index is 4.23. The Kier molecular flexibility index (Phi) is 3.30. The van der Waals surface area contributed by atoms with Crippen molar-refractivity contribution in [1.29, 1.82) is 0 Å². The molecule has 2 rings (SSSR count). The lowest BCUT2D eigenvalue weighted by Gasteiger charge is -2.40. The summed E-state index contributed by atoms with van der Waals surface area (Å²) < 4.78 is 0. The van der Waals surface area contributed by atoms with Gasteiger partial charge in [-0.2, -0.15) is 0 Å². The van der Waals surface area contributed by atoms with Crippen molar-refractivity contribution in [1.82, 2.24) is 0 Å². The molecule has 2 fully saturated rings. The van der Waals surface area contributed by atoms with Gasteiger partial charge in [-0.25, -0.2) is 0 Å².